The maximum atomic E-state index is 12.7. The van der Waals surface area contributed by atoms with Gasteiger partial charge in [0.1, 0.15) is 4.90 Å². The molecule has 7 nitrogen and oxygen atoms in total. The number of carbonyl (C=O) groups is 1. The third kappa shape index (κ3) is 4.78. The van der Waals surface area contributed by atoms with Crippen molar-refractivity contribution in [1.82, 2.24) is 0 Å². The van der Waals surface area contributed by atoms with Gasteiger partial charge in [-0.2, -0.15) is 8.42 Å². The maximum Gasteiger partial charge on any atom is 0.367 e. The topological polar surface area (TPSA) is 91.3 Å². The Kier molecular flexibility index (Phi) is 6.27. The highest BCUT2D eigenvalue weighted by Gasteiger charge is 2.24. The molecule has 152 valence electrons. The number of hydrogen-bond donors (Lipinski definition) is 0. The van der Waals surface area contributed by atoms with Crippen LogP contribution in [0.2, 0.25) is 0 Å². The minimum Gasteiger partial charge on any atom is -0.490 e. The van der Waals surface area contributed by atoms with Crippen molar-refractivity contribution in [3.8, 4) is 11.5 Å². The quantitative estimate of drug-likeness (QED) is 0.244. The standard InChI is InChI=1S/C20H18INO6S/c1-4-26-18-11-14(9-16-13(3)22-27-20(16)23)10-17(21)19(18)28-29(24,25)15-7-5-12(2)6-8-15/h5-11H,4H2,1-3H3/b16-9+. The van der Waals surface area contributed by atoms with Gasteiger partial charge in [-0.1, -0.05) is 22.9 Å². The first-order valence-corrected chi connectivity index (χ1v) is 11.2. The summed E-state index contributed by atoms with van der Waals surface area (Å²) in [5, 5.41) is 3.64. The molecule has 1 aliphatic rings. The summed E-state index contributed by atoms with van der Waals surface area (Å²) >= 11 is 1.97. The smallest absolute Gasteiger partial charge is 0.367 e. The van der Waals surface area contributed by atoms with Gasteiger partial charge in [0.15, 0.2) is 11.5 Å². The summed E-state index contributed by atoms with van der Waals surface area (Å²) in [7, 11) is -4.04. The molecule has 9 heteroatoms. The van der Waals surface area contributed by atoms with Crippen LogP contribution in [0.1, 0.15) is 25.0 Å². The molecule has 0 saturated carbocycles. The first-order chi connectivity index (χ1) is 13.7. The Morgan fingerprint density at radius 2 is 1.86 bits per heavy atom. The van der Waals surface area contributed by atoms with Crippen molar-refractivity contribution >= 4 is 50.5 Å². The zero-order chi connectivity index (χ0) is 21.2. The zero-order valence-corrected chi connectivity index (χ0v) is 18.9. The highest BCUT2D eigenvalue weighted by Crippen LogP contribution is 2.37. The molecule has 0 spiro atoms. The van der Waals surface area contributed by atoms with E-state index in [9.17, 15) is 13.2 Å². The van der Waals surface area contributed by atoms with Crippen LogP contribution >= 0.6 is 22.6 Å². The molecule has 0 unspecified atom stereocenters. The summed E-state index contributed by atoms with van der Waals surface area (Å²) in [5.74, 6) is -0.199. The number of oxime groups is 1. The highest BCUT2D eigenvalue weighted by atomic mass is 127. The second kappa shape index (κ2) is 8.54. The van der Waals surface area contributed by atoms with E-state index < -0.39 is 16.1 Å². The summed E-state index contributed by atoms with van der Waals surface area (Å²) in [6.45, 7) is 5.62. The molecule has 0 aromatic heterocycles. The lowest BCUT2D eigenvalue weighted by Crippen LogP contribution is -2.12. The number of benzene rings is 2. The lowest BCUT2D eigenvalue weighted by Gasteiger charge is -2.15. The van der Waals surface area contributed by atoms with Gasteiger partial charge >= 0.3 is 16.1 Å². The van der Waals surface area contributed by atoms with Crippen molar-refractivity contribution in [3.05, 3.63) is 56.7 Å². The van der Waals surface area contributed by atoms with Gasteiger partial charge in [-0.15, -0.1) is 0 Å². The minimum atomic E-state index is -4.04. The van der Waals surface area contributed by atoms with Crippen molar-refractivity contribution < 1.29 is 27.0 Å². The lowest BCUT2D eigenvalue weighted by atomic mass is 10.1. The van der Waals surface area contributed by atoms with Crippen molar-refractivity contribution in [3.63, 3.8) is 0 Å². The van der Waals surface area contributed by atoms with Gasteiger partial charge < -0.3 is 13.8 Å². The molecule has 2 aromatic rings. The predicted octanol–water partition coefficient (Wildman–Crippen LogP) is 4.08. The largest absolute Gasteiger partial charge is 0.490 e. The third-order valence-corrected chi connectivity index (χ3v) is 6.06. The second-order valence-corrected chi connectivity index (χ2v) is 8.94. The molecule has 29 heavy (non-hydrogen) atoms. The van der Waals surface area contributed by atoms with Gasteiger partial charge in [0.2, 0.25) is 0 Å². The molecule has 0 saturated heterocycles. The van der Waals surface area contributed by atoms with Crippen LogP contribution < -0.4 is 8.92 Å². The van der Waals surface area contributed by atoms with Crippen LogP contribution in [-0.4, -0.2) is 26.7 Å². The average Bonchev–Trinajstić information content (AvgIpc) is 2.97. The third-order valence-electron chi connectivity index (χ3n) is 4.02. The molecule has 1 aliphatic heterocycles. The highest BCUT2D eigenvalue weighted by molar-refractivity contribution is 14.1. The van der Waals surface area contributed by atoms with Gasteiger partial charge in [0, 0.05) is 0 Å². The van der Waals surface area contributed by atoms with Crippen LogP contribution in [0.15, 0.2) is 52.0 Å². The van der Waals surface area contributed by atoms with E-state index >= 15 is 0 Å². The molecule has 0 N–H and O–H groups in total. The number of nitrogens with zero attached hydrogens (tertiary/aromatic N) is 1. The molecular weight excluding hydrogens is 509 g/mol. The zero-order valence-electron chi connectivity index (χ0n) is 15.9. The van der Waals surface area contributed by atoms with Gasteiger partial charge in [0.25, 0.3) is 0 Å². The van der Waals surface area contributed by atoms with Gasteiger partial charge in [0.05, 0.1) is 21.5 Å². The molecular formula is C20H18INO6S. The summed E-state index contributed by atoms with van der Waals surface area (Å²) in [4.78, 5) is 16.5. The maximum absolute atomic E-state index is 12.7. The molecule has 0 amide bonds. The summed E-state index contributed by atoms with van der Waals surface area (Å²) in [6.07, 6.45) is 1.61. The normalized spacial score (nSPS) is 15.2. The van der Waals surface area contributed by atoms with Crippen molar-refractivity contribution in [2.45, 2.75) is 25.7 Å². The Labute approximate surface area is 182 Å². The molecule has 0 aliphatic carbocycles. The number of carbonyl (C=O) groups excluding carboxylic acids is 1. The molecule has 1 heterocycles. The molecule has 2 aromatic carbocycles. The Morgan fingerprint density at radius 3 is 2.45 bits per heavy atom. The fourth-order valence-corrected chi connectivity index (χ4v) is 4.41. The number of rotatable bonds is 6. The Hall–Kier alpha value is -2.40. The molecule has 3 rings (SSSR count). The van der Waals surface area contributed by atoms with Gasteiger partial charge in [-0.3, -0.25) is 0 Å². The molecule has 0 radical (unpaired) electrons. The minimum absolute atomic E-state index is 0.0491. The summed E-state index contributed by atoms with van der Waals surface area (Å²) in [5.41, 5.74) is 2.35. The number of halogens is 1. The predicted molar refractivity (Wildman–Crippen MR) is 116 cm³/mol. The number of hydrogen-bond acceptors (Lipinski definition) is 7. The van der Waals surface area contributed by atoms with E-state index in [2.05, 4.69) is 9.99 Å². The van der Waals surface area contributed by atoms with Crippen molar-refractivity contribution in [2.24, 2.45) is 5.16 Å². The van der Waals surface area contributed by atoms with E-state index in [1.54, 1.807) is 44.2 Å². The van der Waals surface area contributed by atoms with Crippen molar-refractivity contribution in [2.75, 3.05) is 6.61 Å². The average molecular weight is 527 g/mol. The fourth-order valence-electron chi connectivity index (χ4n) is 2.56. The Balaban J connectivity index is 2.01. The molecule has 0 fully saturated rings. The van der Waals surface area contributed by atoms with E-state index in [4.69, 9.17) is 8.92 Å². The molecule has 0 atom stereocenters. The number of aryl methyl sites for hydroxylation is 1. The van der Waals surface area contributed by atoms with E-state index in [0.717, 1.165) is 5.56 Å². The van der Waals surface area contributed by atoms with Crippen LogP contribution in [0.5, 0.6) is 11.5 Å². The van der Waals surface area contributed by atoms with Crippen LogP contribution in [0, 0.1) is 10.5 Å². The fraction of sp³-hybridized carbons (Fsp3) is 0.200. The Morgan fingerprint density at radius 1 is 1.17 bits per heavy atom. The van der Waals surface area contributed by atoms with Crippen LogP contribution in [0.3, 0.4) is 0 Å². The van der Waals surface area contributed by atoms with Gasteiger partial charge in [-0.25, -0.2) is 4.79 Å². The SMILES string of the molecule is CCOc1cc(/C=C2/C(=O)ON=C2C)cc(I)c1OS(=O)(=O)c1ccc(C)cc1. The monoisotopic (exact) mass is 527 g/mol. The number of ether oxygens (including phenoxy) is 1. The van der Waals surface area contributed by atoms with E-state index in [1.807, 2.05) is 29.5 Å². The van der Waals surface area contributed by atoms with Gasteiger partial charge in [-0.05, 0) is 79.3 Å². The summed E-state index contributed by atoms with van der Waals surface area (Å²) < 4.78 is 36.9. The van der Waals surface area contributed by atoms with Crippen LogP contribution in [0.4, 0.5) is 0 Å². The lowest BCUT2D eigenvalue weighted by molar-refractivity contribution is -0.136. The first-order valence-electron chi connectivity index (χ1n) is 8.66. The van der Waals surface area contributed by atoms with Crippen molar-refractivity contribution in [1.29, 1.82) is 0 Å². The molecule has 0 bridgehead atoms. The van der Waals surface area contributed by atoms with E-state index in [0.29, 0.717) is 27.0 Å². The summed E-state index contributed by atoms with van der Waals surface area (Å²) in [6, 6.07) is 9.68. The first kappa shape index (κ1) is 21.3. The van der Waals surface area contributed by atoms with E-state index in [1.165, 1.54) is 12.1 Å². The Bertz CT molecular complexity index is 1120. The van der Waals surface area contributed by atoms with Crippen LogP contribution in [-0.2, 0) is 19.8 Å². The second-order valence-electron chi connectivity index (χ2n) is 6.23. The van der Waals surface area contributed by atoms with Crippen LogP contribution in [0.25, 0.3) is 6.08 Å². The van der Waals surface area contributed by atoms with E-state index in [-0.39, 0.29) is 16.4 Å².